The maximum atomic E-state index is 8.87. The van der Waals surface area contributed by atoms with Crippen LogP contribution in [0.1, 0.15) is 5.56 Å². The summed E-state index contributed by atoms with van der Waals surface area (Å²) in [7, 11) is 0. The molecule has 1 aliphatic rings. The van der Waals surface area contributed by atoms with Gasteiger partial charge in [0, 0.05) is 15.0 Å². The molecule has 1 aromatic rings. The second kappa shape index (κ2) is 6.36. The van der Waals surface area contributed by atoms with Crippen molar-refractivity contribution in [3.8, 4) is 6.07 Å². The Bertz CT molecular complexity index is 644. The highest BCUT2D eigenvalue weighted by atomic mass is 35.5. The van der Waals surface area contributed by atoms with Crippen LogP contribution in [0.4, 0.5) is 0 Å². The third kappa shape index (κ3) is 3.26. The van der Waals surface area contributed by atoms with Gasteiger partial charge in [-0.2, -0.15) is 5.26 Å². The van der Waals surface area contributed by atoms with Crippen molar-refractivity contribution in [2.45, 2.75) is 0 Å². The summed E-state index contributed by atoms with van der Waals surface area (Å²) in [6, 6.07) is 7.03. The van der Waals surface area contributed by atoms with Gasteiger partial charge in [0.2, 0.25) is 0 Å². The van der Waals surface area contributed by atoms with Crippen LogP contribution in [0.2, 0.25) is 10.0 Å². The van der Waals surface area contributed by atoms with Gasteiger partial charge in [-0.25, -0.2) is 0 Å². The van der Waals surface area contributed by atoms with Gasteiger partial charge in [0.1, 0.15) is 16.7 Å². The number of hydrogen-bond acceptors (Lipinski definition) is 4. The van der Waals surface area contributed by atoms with Crippen molar-refractivity contribution in [3.63, 3.8) is 0 Å². The molecule has 0 bridgehead atoms. The molecule has 0 atom stereocenters. The van der Waals surface area contributed by atoms with Crippen LogP contribution in [-0.4, -0.2) is 5.04 Å². The van der Waals surface area contributed by atoms with Crippen LogP contribution in [0, 0.1) is 16.7 Å². The average molecular weight is 333 g/mol. The molecule has 19 heavy (non-hydrogen) atoms. The number of rotatable bonds is 1. The molecule has 0 unspecified atom stereocenters. The fourth-order valence-electron chi connectivity index (χ4n) is 1.44. The van der Waals surface area contributed by atoms with Crippen LogP contribution in [-0.2, 0) is 0 Å². The Balaban J connectivity index is 0.00000180. The standard InChI is InChI=1S/C12H7Cl2N3S.ClH/c13-7-2-1-6(9(14)4-7)3-10-11(16)8(5-15)12(17)18-10;/h1-4,17H,16H2;1H/b10-3+,17-12?;. The molecule has 1 heterocycles. The first-order valence-electron chi connectivity index (χ1n) is 4.86. The molecule has 0 fully saturated rings. The van der Waals surface area contributed by atoms with E-state index in [1.54, 1.807) is 24.3 Å². The first-order valence-corrected chi connectivity index (χ1v) is 6.44. The molecule has 1 aromatic carbocycles. The van der Waals surface area contributed by atoms with Crippen LogP contribution in [0.5, 0.6) is 0 Å². The van der Waals surface area contributed by atoms with Gasteiger partial charge < -0.3 is 5.73 Å². The summed E-state index contributed by atoms with van der Waals surface area (Å²) in [6.07, 6.45) is 1.75. The molecule has 3 nitrogen and oxygen atoms in total. The van der Waals surface area contributed by atoms with Crippen molar-refractivity contribution in [1.82, 2.24) is 0 Å². The van der Waals surface area contributed by atoms with E-state index in [2.05, 4.69) is 0 Å². The van der Waals surface area contributed by atoms with Gasteiger partial charge >= 0.3 is 0 Å². The summed E-state index contributed by atoms with van der Waals surface area (Å²) in [4.78, 5) is 0.653. The van der Waals surface area contributed by atoms with Crippen molar-refractivity contribution in [2.75, 3.05) is 0 Å². The lowest BCUT2D eigenvalue weighted by molar-refractivity contribution is 1.38. The minimum atomic E-state index is 0. The molecule has 0 radical (unpaired) electrons. The zero-order chi connectivity index (χ0) is 13.3. The number of thioether (sulfide) groups is 1. The quantitative estimate of drug-likeness (QED) is 0.808. The molecular formula is C12H8Cl3N3S. The van der Waals surface area contributed by atoms with Gasteiger partial charge in [-0.3, -0.25) is 5.41 Å². The average Bonchev–Trinajstić information content (AvgIpc) is 2.58. The third-order valence-electron chi connectivity index (χ3n) is 2.33. The van der Waals surface area contributed by atoms with E-state index < -0.39 is 0 Å². The molecule has 0 saturated heterocycles. The molecule has 3 N–H and O–H groups in total. The fourth-order valence-corrected chi connectivity index (χ4v) is 2.78. The summed E-state index contributed by atoms with van der Waals surface area (Å²) in [6.45, 7) is 0. The second-order valence-electron chi connectivity index (χ2n) is 3.51. The smallest absolute Gasteiger partial charge is 0.112 e. The van der Waals surface area contributed by atoms with E-state index in [0.717, 1.165) is 17.3 Å². The zero-order valence-corrected chi connectivity index (χ0v) is 12.6. The summed E-state index contributed by atoms with van der Waals surface area (Å²) < 4.78 is 0. The number of nitrogens with zero attached hydrogens (tertiary/aromatic N) is 1. The minimum Gasteiger partial charge on any atom is -0.397 e. The Kier molecular flexibility index (Phi) is 5.33. The van der Waals surface area contributed by atoms with Gasteiger partial charge in [-0.15, -0.1) is 12.4 Å². The Morgan fingerprint density at radius 3 is 2.58 bits per heavy atom. The summed E-state index contributed by atoms with van der Waals surface area (Å²) in [5, 5.41) is 17.7. The Hall–Kier alpha value is -1.12. The Labute approximate surface area is 131 Å². The van der Waals surface area contributed by atoms with E-state index in [-0.39, 0.29) is 23.0 Å². The maximum Gasteiger partial charge on any atom is 0.112 e. The van der Waals surface area contributed by atoms with Gasteiger partial charge in [0.05, 0.1) is 5.70 Å². The van der Waals surface area contributed by atoms with Crippen LogP contribution in [0.15, 0.2) is 34.4 Å². The van der Waals surface area contributed by atoms with E-state index in [1.807, 2.05) is 6.07 Å². The highest BCUT2D eigenvalue weighted by Gasteiger charge is 2.23. The topological polar surface area (TPSA) is 73.7 Å². The highest BCUT2D eigenvalue weighted by molar-refractivity contribution is 8.18. The van der Waals surface area contributed by atoms with Gasteiger partial charge in [0.15, 0.2) is 0 Å². The first-order chi connectivity index (χ1) is 8.52. The minimum absolute atomic E-state index is 0. The summed E-state index contributed by atoms with van der Waals surface area (Å²) in [5.74, 6) is 0. The number of nitrogens with one attached hydrogen (secondary N) is 1. The van der Waals surface area contributed by atoms with E-state index >= 15 is 0 Å². The number of hydrogen-bond donors (Lipinski definition) is 2. The van der Waals surface area contributed by atoms with Crippen LogP contribution < -0.4 is 5.73 Å². The lowest BCUT2D eigenvalue weighted by atomic mass is 10.1. The lowest BCUT2D eigenvalue weighted by Crippen LogP contribution is -1.99. The Morgan fingerprint density at radius 2 is 2.05 bits per heavy atom. The molecule has 1 aliphatic heterocycles. The molecule has 0 aliphatic carbocycles. The third-order valence-corrected chi connectivity index (χ3v) is 3.86. The van der Waals surface area contributed by atoms with E-state index in [1.165, 1.54) is 0 Å². The van der Waals surface area contributed by atoms with Gasteiger partial charge in [0.25, 0.3) is 0 Å². The van der Waals surface area contributed by atoms with E-state index in [4.69, 9.17) is 39.6 Å². The van der Waals surface area contributed by atoms with Crippen molar-refractivity contribution >= 4 is 58.5 Å². The summed E-state index contributed by atoms with van der Waals surface area (Å²) >= 11 is 13.0. The maximum absolute atomic E-state index is 8.87. The SMILES string of the molecule is Cl.N#CC1=C(N)/C(=C\c2ccc(Cl)cc2Cl)SC1=N. The summed E-state index contributed by atoms with van der Waals surface area (Å²) in [5.41, 5.74) is 7.08. The number of halogens is 3. The van der Waals surface area contributed by atoms with E-state index in [0.29, 0.717) is 20.6 Å². The van der Waals surface area contributed by atoms with Crippen molar-refractivity contribution < 1.29 is 0 Å². The van der Waals surface area contributed by atoms with Crippen molar-refractivity contribution in [1.29, 1.82) is 10.7 Å². The first kappa shape index (κ1) is 15.9. The van der Waals surface area contributed by atoms with E-state index in [9.17, 15) is 0 Å². The molecule has 0 saturated carbocycles. The molecule has 7 heteroatoms. The number of nitriles is 1. The highest BCUT2D eigenvalue weighted by Crippen LogP contribution is 2.37. The number of nitrogens with two attached hydrogens (primary N) is 1. The lowest BCUT2D eigenvalue weighted by Gasteiger charge is -2.02. The predicted octanol–water partition coefficient (Wildman–Crippen LogP) is 4.22. The molecule has 98 valence electrons. The molecular weight excluding hydrogens is 325 g/mol. The van der Waals surface area contributed by atoms with Crippen molar-refractivity contribution in [3.05, 3.63) is 50.0 Å². The molecule has 2 rings (SSSR count). The van der Waals surface area contributed by atoms with Crippen LogP contribution >= 0.6 is 47.4 Å². The Morgan fingerprint density at radius 1 is 1.37 bits per heavy atom. The zero-order valence-electron chi connectivity index (χ0n) is 9.41. The van der Waals surface area contributed by atoms with Gasteiger partial charge in [-0.05, 0) is 23.8 Å². The monoisotopic (exact) mass is 331 g/mol. The number of benzene rings is 1. The largest absolute Gasteiger partial charge is 0.397 e. The van der Waals surface area contributed by atoms with Crippen LogP contribution in [0.25, 0.3) is 6.08 Å². The van der Waals surface area contributed by atoms with Crippen molar-refractivity contribution in [2.24, 2.45) is 5.73 Å². The predicted molar refractivity (Wildman–Crippen MR) is 83.8 cm³/mol. The van der Waals surface area contributed by atoms with Gasteiger partial charge in [-0.1, -0.05) is 41.0 Å². The fraction of sp³-hybridized carbons (Fsp3) is 0. The molecule has 0 amide bonds. The molecule has 0 aromatic heterocycles. The molecule has 0 spiro atoms. The van der Waals surface area contributed by atoms with Crippen LogP contribution in [0.3, 0.4) is 0 Å². The normalized spacial score (nSPS) is 16.5. The second-order valence-corrected chi connectivity index (χ2v) is 5.40.